The monoisotopic (exact) mass is 192 g/mol. The molecule has 0 aliphatic carbocycles. The molecule has 2 heteroatoms. The molecule has 2 nitrogen and oxygen atoms in total. The lowest BCUT2D eigenvalue weighted by Crippen LogP contribution is -2.00. The maximum absolute atomic E-state index is 11.3. The molecule has 0 unspecified atom stereocenters. The van der Waals surface area contributed by atoms with Crippen LogP contribution in [0.4, 0.5) is 0 Å². The van der Waals surface area contributed by atoms with Gasteiger partial charge >= 0.3 is 0 Å². The molecule has 0 radical (unpaired) electrons. The van der Waals surface area contributed by atoms with Crippen molar-refractivity contribution >= 4 is 5.78 Å². The Kier molecular flexibility index (Phi) is 2.94. The second kappa shape index (κ2) is 3.82. The fraction of sp³-hybridized carbons (Fsp3) is 0.417. The number of phenolic OH excluding ortho intramolecular Hbond substituents is 1. The standard InChI is InChI=1S/C12H16O2/c1-7(2)10-6-5-8(3)11(9(4)13)12(10)14/h5-7,14H,1-4H3. The average Bonchev–Trinajstić information content (AvgIpc) is 2.02. The van der Waals surface area contributed by atoms with Crippen molar-refractivity contribution in [2.75, 3.05) is 0 Å². The van der Waals surface area contributed by atoms with E-state index in [-0.39, 0.29) is 17.5 Å². The van der Waals surface area contributed by atoms with E-state index >= 15 is 0 Å². The molecule has 1 aromatic rings. The van der Waals surface area contributed by atoms with E-state index in [1.54, 1.807) is 0 Å². The van der Waals surface area contributed by atoms with E-state index in [0.29, 0.717) is 5.56 Å². The summed E-state index contributed by atoms with van der Waals surface area (Å²) < 4.78 is 0. The van der Waals surface area contributed by atoms with Crippen molar-refractivity contribution in [3.8, 4) is 5.75 Å². The minimum Gasteiger partial charge on any atom is -0.507 e. The van der Waals surface area contributed by atoms with E-state index in [1.165, 1.54) is 6.92 Å². The third-order valence-electron chi connectivity index (χ3n) is 2.39. The van der Waals surface area contributed by atoms with Gasteiger partial charge in [-0.05, 0) is 30.9 Å². The Labute approximate surface area is 84.6 Å². The van der Waals surface area contributed by atoms with E-state index in [0.717, 1.165) is 11.1 Å². The lowest BCUT2D eigenvalue weighted by atomic mass is 9.94. The van der Waals surface area contributed by atoms with Crippen LogP contribution in [-0.4, -0.2) is 10.9 Å². The Morgan fingerprint density at radius 2 is 1.93 bits per heavy atom. The van der Waals surface area contributed by atoms with Gasteiger partial charge in [-0.3, -0.25) is 4.79 Å². The van der Waals surface area contributed by atoms with Crippen LogP contribution in [0.2, 0.25) is 0 Å². The summed E-state index contributed by atoms with van der Waals surface area (Å²) in [5.41, 5.74) is 2.12. The predicted octanol–water partition coefficient (Wildman–Crippen LogP) is 3.03. The van der Waals surface area contributed by atoms with Crippen LogP contribution in [0.1, 0.15) is 48.2 Å². The highest BCUT2D eigenvalue weighted by Crippen LogP contribution is 2.31. The summed E-state index contributed by atoms with van der Waals surface area (Å²) in [5, 5.41) is 9.89. The van der Waals surface area contributed by atoms with Crippen LogP contribution in [0.25, 0.3) is 0 Å². The lowest BCUT2D eigenvalue weighted by Gasteiger charge is -2.12. The second-order valence-corrected chi connectivity index (χ2v) is 3.91. The van der Waals surface area contributed by atoms with Gasteiger partial charge in [0.15, 0.2) is 5.78 Å². The summed E-state index contributed by atoms with van der Waals surface area (Å²) >= 11 is 0. The van der Waals surface area contributed by atoms with Crippen molar-refractivity contribution < 1.29 is 9.90 Å². The molecule has 0 aromatic heterocycles. The molecular formula is C12H16O2. The summed E-state index contributed by atoms with van der Waals surface area (Å²) in [4.78, 5) is 11.3. The molecule has 0 bridgehead atoms. The molecule has 0 aliphatic heterocycles. The highest BCUT2D eigenvalue weighted by atomic mass is 16.3. The maximum Gasteiger partial charge on any atom is 0.163 e. The Hall–Kier alpha value is -1.31. The number of Topliss-reactive ketones (excluding diaryl/α,β-unsaturated/α-hetero) is 1. The second-order valence-electron chi connectivity index (χ2n) is 3.91. The summed E-state index contributed by atoms with van der Waals surface area (Å²) in [6, 6.07) is 3.76. The van der Waals surface area contributed by atoms with Gasteiger partial charge < -0.3 is 5.11 Å². The van der Waals surface area contributed by atoms with Crippen molar-refractivity contribution in [1.82, 2.24) is 0 Å². The van der Waals surface area contributed by atoms with E-state index < -0.39 is 0 Å². The summed E-state index contributed by atoms with van der Waals surface area (Å²) in [6.07, 6.45) is 0. The quantitative estimate of drug-likeness (QED) is 0.731. The largest absolute Gasteiger partial charge is 0.507 e. The normalized spacial score (nSPS) is 10.6. The molecule has 1 N–H and O–H groups in total. The van der Waals surface area contributed by atoms with Gasteiger partial charge in [-0.25, -0.2) is 0 Å². The summed E-state index contributed by atoms with van der Waals surface area (Å²) in [6.45, 7) is 7.30. The topological polar surface area (TPSA) is 37.3 Å². The van der Waals surface area contributed by atoms with Crippen LogP contribution in [0, 0.1) is 6.92 Å². The zero-order valence-corrected chi connectivity index (χ0v) is 9.09. The van der Waals surface area contributed by atoms with Gasteiger partial charge in [0.05, 0.1) is 5.56 Å². The Morgan fingerprint density at radius 3 is 2.36 bits per heavy atom. The highest BCUT2D eigenvalue weighted by molar-refractivity contribution is 5.98. The molecule has 1 aromatic carbocycles. The van der Waals surface area contributed by atoms with E-state index in [4.69, 9.17) is 0 Å². The third kappa shape index (κ3) is 1.79. The van der Waals surface area contributed by atoms with Crippen LogP contribution < -0.4 is 0 Å². The third-order valence-corrected chi connectivity index (χ3v) is 2.39. The smallest absolute Gasteiger partial charge is 0.163 e. The molecule has 14 heavy (non-hydrogen) atoms. The first-order chi connectivity index (χ1) is 6.45. The molecule has 0 fully saturated rings. The number of phenols is 1. The SMILES string of the molecule is CC(=O)c1c(C)ccc(C(C)C)c1O. The van der Waals surface area contributed by atoms with Crippen molar-refractivity contribution in [1.29, 1.82) is 0 Å². The summed E-state index contributed by atoms with van der Waals surface area (Å²) in [7, 11) is 0. The average molecular weight is 192 g/mol. The van der Waals surface area contributed by atoms with Crippen LogP contribution in [-0.2, 0) is 0 Å². The molecular weight excluding hydrogens is 176 g/mol. The molecule has 76 valence electrons. The first-order valence-electron chi connectivity index (χ1n) is 4.78. The Bertz CT molecular complexity index is 365. The number of benzene rings is 1. The fourth-order valence-electron chi connectivity index (χ4n) is 1.62. The first-order valence-corrected chi connectivity index (χ1v) is 4.78. The zero-order valence-electron chi connectivity index (χ0n) is 9.09. The van der Waals surface area contributed by atoms with Crippen LogP contribution >= 0.6 is 0 Å². The van der Waals surface area contributed by atoms with Gasteiger partial charge in [0.1, 0.15) is 5.75 Å². The van der Waals surface area contributed by atoms with E-state index in [1.807, 2.05) is 32.9 Å². The fourth-order valence-corrected chi connectivity index (χ4v) is 1.62. The van der Waals surface area contributed by atoms with Gasteiger partial charge in [-0.2, -0.15) is 0 Å². The summed E-state index contributed by atoms with van der Waals surface area (Å²) in [5.74, 6) is 0.295. The van der Waals surface area contributed by atoms with Gasteiger partial charge in [0.25, 0.3) is 0 Å². The number of carbonyl (C=O) groups is 1. The zero-order chi connectivity index (χ0) is 10.9. The molecule has 0 atom stereocenters. The minimum atomic E-state index is -0.0810. The molecule has 0 saturated heterocycles. The van der Waals surface area contributed by atoms with Crippen LogP contribution in [0.5, 0.6) is 5.75 Å². The number of ketones is 1. The van der Waals surface area contributed by atoms with Gasteiger partial charge in [0.2, 0.25) is 0 Å². The highest BCUT2D eigenvalue weighted by Gasteiger charge is 2.15. The molecule has 0 amide bonds. The first kappa shape index (κ1) is 10.8. The van der Waals surface area contributed by atoms with Crippen molar-refractivity contribution in [3.05, 3.63) is 28.8 Å². The predicted molar refractivity (Wildman–Crippen MR) is 56.9 cm³/mol. The Morgan fingerprint density at radius 1 is 1.36 bits per heavy atom. The number of rotatable bonds is 2. The molecule has 0 aliphatic rings. The molecule has 1 rings (SSSR count). The van der Waals surface area contributed by atoms with E-state index in [2.05, 4.69) is 0 Å². The van der Waals surface area contributed by atoms with E-state index in [9.17, 15) is 9.90 Å². The number of aromatic hydroxyl groups is 1. The van der Waals surface area contributed by atoms with Crippen LogP contribution in [0.15, 0.2) is 12.1 Å². The van der Waals surface area contributed by atoms with Gasteiger partial charge in [-0.1, -0.05) is 26.0 Å². The number of carbonyl (C=O) groups excluding carboxylic acids is 1. The molecule has 0 heterocycles. The number of hydrogen-bond donors (Lipinski definition) is 1. The van der Waals surface area contributed by atoms with Crippen LogP contribution in [0.3, 0.4) is 0 Å². The molecule has 0 saturated carbocycles. The number of hydrogen-bond acceptors (Lipinski definition) is 2. The molecule has 0 spiro atoms. The lowest BCUT2D eigenvalue weighted by molar-refractivity contribution is 0.101. The van der Waals surface area contributed by atoms with Gasteiger partial charge in [-0.15, -0.1) is 0 Å². The maximum atomic E-state index is 11.3. The number of aryl methyl sites for hydroxylation is 1. The van der Waals surface area contributed by atoms with Crippen molar-refractivity contribution in [2.45, 2.75) is 33.6 Å². The minimum absolute atomic E-state index is 0.0810. The van der Waals surface area contributed by atoms with Crippen molar-refractivity contribution in [3.63, 3.8) is 0 Å². The van der Waals surface area contributed by atoms with Gasteiger partial charge in [0, 0.05) is 0 Å². The Balaban J connectivity index is 3.41. The van der Waals surface area contributed by atoms with Crippen molar-refractivity contribution in [2.24, 2.45) is 0 Å².